The molecule has 1 fully saturated rings. The Balaban J connectivity index is 1.58. The van der Waals surface area contributed by atoms with Crippen LogP contribution in [0.25, 0.3) is 10.8 Å². The van der Waals surface area contributed by atoms with Gasteiger partial charge in [-0.3, -0.25) is 9.52 Å². The van der Waals surface area contributed by atoms with Crippen molar-refractivity contribution >= 4 is 33.0 Å². The third-order valence-corrected chi connectivity index (χ3v) is 7.49. The molecule has 1 saturated heterocycles. The molecule has 1 aliphatic heterocycles. The summed E-state index contributed by atoms with van der Waals surface area (Å²) in [5, 5.41) is 7.61. The molecular weight excluding hydrogens is 469 g/mol. The van der Waals surface area contributed by atoms with Gasteiger partial charge in [-0.05, 0) is 44.0 Å². The van der Waals surface area contributed by atoms with Crippen molar-refractivity contribution < 1.29 is 30.8 Å². The molecule has 2 aromatic heterocycles. The second kappa shape index (κ2) is 8.20. The second-order valence-corrected chi connectivity index (χ2v) is 10.0. The van der Waals surface area contributed by atoms with Gasteiger partial charge in [-0.1, -0.05) is 6.07 Å². The minimum atomic E-state index is -4.60. The van der Waals surface area contributed by atoms with Crippen LogP contribution in [-0.4, -0.2) is 42.5 Å². The van der Waals surface area contributed by atoms with Crippen molar-refractivity contribution in [1.82, 2.24) is 15.1 Å². The van der Waals surface area contributed by atoms with Gasteiger partial charge >= 0.3 is 18.0 Å². The van der Waals surface area contributed by atoms with Gasteiger partial charge in [0, 0.05) is 23.7 Å². The highest BCUT2D eigenvalue weighted by atomic mass is 32.2. The fraction of sp³-hybridized carbons (Fsp3) is 0.316. The molecule has 0 bridgehead atoms. The lowest BCUT2D eigenvalue weighted by Gasteiger charge is -2.11. The van der Waals surface area contributed by atoms with Crippen LogP contribution in [0.1, 0.15) is 34.0 Å². The fourth-order valence-corrected chi connectivity index (χ4v) is 5.83. The van der Waals surface area contributed by atoms with Crippen LogP contribution in [0.15, 0.2) is 39.6 Å². The molecule has 0 radical (unpaired) electrons. The molecule has 13 heteroatoms. The molecule has 1 amide bonds. The SMILES string of the molecule is Cc1sc(-c2nnc(C(=O)N3CCCC3)o2)cc1S(=O)(=O)Nc1cccc(C(F)(F)F)c1. The monoisotopic (exact) mass is 486 g/mol. The number of sulfonamides is 1. The van der Waals surface area contributed by atoms with E-state index in [4.69, 9.17) is 4.42 Å². The van der Waals surface area contributed by atoms with E-state index in [0.29, 0.717) is 28.9 Å². The Morgan fingerprint density at radius 2 is 1.91 bits per heavy atom. The van der Waals surface area contributed by atoms with E-state index in [1.54, 1.807) is 11.8 Å². The topological polar surface area (TPSA) is 105 Å². The van der Waals surface area contributed by atoms with E-state index in [-0.39, 0.29) is 28.3 Å². The van der Waals surface area contributed by atoms with Crippen LogP contribution in [0.4, 0.5) is 18.9 Å². The number of alkyl halides is 3. The fourth-order valence-electron chi connectivity index (χ4n) is 3.27. The molecule has 0 saturated carbocycles. The zero-order valence-electron chi connectivity index (χ0n) is 16.6. The summed E-state index contributed by atoms with van der Waals surface area (Å²) in [6.07, 6.45) is -2.80. The number of aryl methyl sites for hydroxylation is 1. The third-order valence-electron chi connectivity index (χ3n) is 4.82. The Hall–Kier alpha value is -2.93. The van der Waals surface area contributed by atoms with Crippen molar-refractivity contribution in [2.24, 2.45) is 0 Å². The summed E-state index contributed by atoms with van der Waals surface area (Å²) in [5.41, 5.74) is -1.19. The summed E-state index contributed by atoms with van der Waals surface area (Å²) in [6.45, 7) is 2.76. The molecule has 0 atom stereocenters. The van der Waals surface area contributed by atoms with Gasteiger partial charge in [0.25, 0.3) is 15.9 Å². The average molecular weight is 486 g/mol. The normalized spacial score (nSPS) is 14.7. The Morgan fingerprint density at radius 1 is 1.19 bits per heavy atom. The zero-order chi connectivity index (χ0) is 23.1. The van der Waals surface area contributed by atoms with Crippen molar-refractivity contribution in [3.63, 3.8) is 0 Å². The molecule has 170 valence electrons. The molecule has 1 N–H and O–H groups in total. The van der Waals surface area contributed by atoms with Crippen LogP contribution in [0, 0.1) is 6.92 Å². The molecule has 1 aliphatic rings. The number of aromatic nitrogens is 2. The third kappa shape index (κ3) is 4.48. The standard InChI is InChI=1S/C19H17F3N4O4S2/c1-11-15(32(28,29)25-13-6-4-5-12(9-13)19(20,21)22)10-14(31-11)16-23-24-17(30-16)18(27)26-7-2-3-8-26/h4-6,9-10,25H,2-3,7-8H2,1H3. The smallest absolute Gasteiger partial charge is 0.411 e. The number of nitrogens with zero attached hydrogens (tertiary/aromatic N) is 3. The molecule has 32 heavy (non-hydrogen) atoms. The van der Waals surface area contributed by atoms with Gasteiger partial charge in [-0.15, -0.1) is 21.5 Å². The van der Waals surface area contributed by atoms with Crippen LogP contribution in [0.2, 0.25) is 0 Å². The van der Waals surface area contributed by atoms with E-state index in [0.717, 1.165) is 36.3 Å². The number of thiophene rings is 1. The van der Waals surface area contributed by atoms with Crippen molar-refractivity contribution in [3.05, 3.63) is 46.7 Å². The maximum Gasteiger partial charge on any atom is 0.416 e. The maximum atomic E-state index is 12.9. The van der Waals surface area contributed by atoms with Crippen LogP contribution < -0.4 is 4.72 Å². The number of likely N-dealkylation sites (tertiary alicyclic amines) is 1. The Kier molecular flexibility index (Phi) is 5.71. The predicted molar refractivity (Wildman–Crippen MR) is 110 cm³/mol. The number of amides is 1. The summed E-state index contributed by atoms with van der Waals surface area (Å²) >= 11 is 1.05. The first kappa shape index (κ1) is 22.3. The molecule has 0 spiro atoms. The highest BCUT2D eigenvalue weighted by Crippen LogP contribution is 2.35. The van der Waals surface area contributed by atoms with Gasteiger partial charge in [-0.25, -0.2) is 8.42 Å². The van der Waals surface area contributed by atoms with Crippen molar-refractivity contribution in [2.45, 2.75) is 30.8 Å². The lowest BCUT2D eigenvalue weighted by Crippen LogP contribution is -2.27. The molecule has 3 heterocycles. The molecule has 4 rings (SSSR count). The molecule has 0 unspecified atom stereocenters. The van der Waals surface area contributed by atoms with Gasteiger partial charge in [0.1, 0.15) is 4.90 Å². The Labute approximate surface area is 185 Å². The molecular formula is C19H17F3N4O4S2. The number of carbonyl (C=O) groups excluding carboxylic acids is 1. The van der Waals surface area contributed by atoms with Crippen molar-refractivity contribution in [1.29, 1.82) is 0 Å². The minimum Gasteiger partial charge on any atom is -0.411 e. The number of hydrogen-bond donors (Lipinski definition) is 1. The predicted octanol–water partition coefficient (Wildman–Crippen LogP) is 4.16. The first-order chi connectivity index (χ1) is 15.0. The number of benzene rings is 1. The van der Waals surface area contributed by atoms with Gasteiger partial charge in [0.05, 0.1) is 10.4 Å². The van der Waals surface area contributed by atoms with E-state index in [9.17, 15) is 26.4 Å². The van der Waals surface area contributed by atoms with E-state index in [1.165, 1.54) is 12.1 Å². The summed E-state index contributed by atoms with van der Waals surface area (Å²) in [5.74, 6) is -0.575. The highest BCUT2D eigenvalue weighted by molar-refractivity contribution is 7.93. The molecule has 3 aromatic rings. The second-order valence-electron chi connectivity index (χ2n) is 7.13. The lowest BCUT2D eigenvalue weighted by atomic mass is 10.2. The number of halogens is 3. The Morgan fingerprint density at radius 3 is 2.59 bits per heavy atom. The summed E-state index contributed by atoms with van der Waals surface area (Å²) in [4.78, 5) is 14.5. The lowest BCUT2D eigenvalue weighted by molar-refractivity contribution is -0.137. The van der Waals surface area contributed by atoms with Crippen LogP contribution in [-0.2, 0) is 16.2 Å². The zero-order valence-corrected chi connectivity index (χ0v) is 18.3. The summed E-state index contributed by atoms with van der Waals surface area (Å²) < 4.78 is 72.0. The quantitative estimate of drug-likeness (QED) is 0.581. The number of nitrogens with one attached hydrogen (secondary N) is 1. The van der Waals surface area contributed by atoms with E-state index >= 15 is 0 Å². The maximum absolute atomic E-state index is 12.9. The first-order valence-electron chi connectivity index (χ1n) is 9.48. The largest absolute Gasteiger partial charge is 0.416 e. The van der Waals surface area contributed by atoms with E-state index in [2.05, 4.69) is 14.9 Å². The van der Waals surface area contributed by atoms with Gasteiger partial charge in [0.15, 0.2) is 0 Å². The van der Waals surface area contributed by atoms with Gasteiger partial charge in [-0.2, -0.15) is 13.2 Å². The summed E-state index contributed by atoms with van der Waals surface area (Å²) in [6, 6.07) is 5.19. The number of hydrogen-bond acceptors (Lipinski definition) is 7. The first-order valence-corrected chi connectivity index (χ1v) is 11.8. The molecule has 8 nitrogen and oxygen atoms in total. The van der Waals surface area contributed by atoms with Crippen LogP contribution in [0.3, 0.4) is 0 Å². The van der Waals surface area contributed by atoms with Gasteiger partial charge in [0.2, 0.25) is 0 Å². The summed E-state index contributed by atoms with van der Waals surface area (Å²) in [7, 11) is -4.19. The van der Waals surface area contributed by atoms with E-state index < -0.39 is 21.8 Å². The van der Waals surface area contributed by atoms with Crippen molar-refractivity contribution in [3.8, 4) is 10.8 Å². The number of rotatable bonds is 5. The highest BCUT2D eigenvalue weighted by Gasteiger charge is 2.31. The van der Waals surface area contributed by atoms with E-state index in [1.807, 2.05) is 0 Å². The molecule has 0 aliphatic carbocycles. The van der Waals surface area contributed by atoms with Gasteiger partial charge < -0.3 is 9.32 Å². The average Bonchev–Trinajstić information content (AvgIpc) is 3.47. The number of anilines is 1. The van der Waals surface area contributed by atoms with Crippen molar-refractivity contribution in [2.75, 3.05) is 17.8 Å². The molecule has 1 aromatic carbocycles. The minimum absolute atomic E-state index is 0.0128. The number of carbonyl (C=O) groups is 1. The van der Waals surface area contributed by atoms with Crippen LogP contribution >= 0.6 is 11.3 Å². The van der Waals surface area contributed by atoms with Crippen LogP contribution in [0.5, 0.6) is 0 Å². The Bertz CT molecular complexity index is 1260.